The third-order valence-electron chi connectivity index (χ3n) is 5.13. The number of carboxylic acid groups (broad SMARTS) is 1. The molecule has 0 amide bonds. The molecule has 1 atom stereocenters. The Morgan fingerprint density at radius 1 is 1.32 bits per heavy atom. The van der Waals surface area contributed by atoms with Crippen molar-refractivity contribution in [1.29, 1.82) is 0 Å². The maximum absolute atomic E-state index is 11.3. The second-order valence-corrected chi connectivity index (χ2v) is 7.00. The second kappa shape index (κ2) is 7.82. The topological polar surface area (TPSA) is 91.5 Å². The Bertz CT molecular complexity index is 1040. The Morgan fingerprint density at radius 3 is 3.04 bits per heavy atom. The summed E-state index contributed by atoms with van der Waals surface area (Å²) in [6.45, 7) is 0.687. The number of carbonyl (C=O) groups is 1. The first kappa shape index (κ1) is 18.2. The van der Waals surface area contributed by atoms with E-state index in [0.29, 0.717) is 18.7 Å². The molecule has 0 spiro atoms. The van der Waals surface area contributed by atoms with Crippen LogP contribution >= 0.6 is 0 Å². The Hall–Kier alpha value is -3.19. The summed E-state index contributed by atoms with van der Waals surface area (Å²) in [5.41, 5.74) is 5.28. The van der Waals surface area contributed by atoms with E-state index in [1.54, 1.807) is 0 Å². The van der Waals surface area contributed by atoms with Crippen LogP contribution in [0.4, 0.5) is 5.69 Å². The maximum atomic E-state index is 11.3. The Labute approximate surface area is 163 Å². The fourth-order valence-electron chi connectivity index (χ4n) is 3.66. The summed E-state index contributed by atoms with van der Waals surface area (Å²) < 4.78 is 1.83. The minimum absolute atomic E-state index is 0.169. The van der Waals surface area contributed by atoms with Gasteiger partial charge in [0, 0.05) is 16.8 Å². The van der Waals surface area contributed by atoms with Gasteiger partial charge in [-0.2, -0.15) is 5.10 Å². The van der Waals surface area contributed by atoms with Crippen LogP contribution in [-0.4, -0.2) is 39.4 Å². The first-order valence-electron chi connectivity index (χ1n) is 9.40. The molecule has 4 rings (SSSR count). The molecule has 1 aliphatic carbocycles. The molecule has 1 unspecified atom stereocenters. The van der Waals surface area contributed by atoms with Gasteiger partial charge in [0.25, 0.3) is 0 Å². The fourth-order valence-corrected chi connectivity index (χ4v) is 3.66. The number of nitrogens with zero attached hydrogens (tertiary/aromatic N) is 3. The third kappa shape index (κ3) is 3.61. The molecule has 3 aromatic rings. The van der Waals surface area contributed by atoms with Gasteiger partial charge >= 0.3 is 5.97 Å². The normalized spacial score (nSPS) is 16.8. The third-order valence-corrected chi connectivity index (χ3v) is 5.13. The molecule has 2 aromatic heterocycles. The summed E-state index contributed by atoms with van der Waals surface area (Å²) in [7, 11) is 1.89. The number of anilines is 1. The Kier molecular flexibility index (Phi) is 5.08. The van der Waals surface area contributed by atoms with E-state index in [4.69, 9.17) is 0 Å². The lowest BCUT2D eigenvalue weighted by Crippen LogP contribution is -2.16. The van der Waals surface area contributed by atoms with Gasteiger partial charge in [0.1, 0.15) is 0 Å². The lowest BCUT2D eigenvalue weighted by Gasteiger charge is -2.21. The zero-order valence-electron chi connectivity index (χ0n) is 15.7. The van der Waals surface area contributed by atoms with Gasteiger partial charge in [0.05, 0.1) is 24.8 Å². The predicted octanol–water partition coefficient (Wildman–Crippen LogP) is 3.26. The van der Waals surface area contributed by atoms with Crippen molar-refractivity contribution < 1.29 is 9.90 Å². The summed E-state index contributed by atoms with van der Waals surface area (Å²) in [6.07, 6.45) is 7.75. The van der Waals surface area contributed by atoms with Crippen LogP contribution in [0.15, 0.2) is 54.4 Å². The molecule has 144 valence electrons. The molecule has 0 radical (unpaired) electrons. The smallest absolute Gasteiger partial charge is 0.331 e. The SMILES string of the molecule is CNCNc1cccc(-c2cnc3cc(C4CCC=C(C(=O)O)C4)cnn23)c1. The molecule has 7 heteroatoms. The van der Waals surface area contributed by atoms with E-state index in [9.17, 15) is 9.90 Å². The van der Waals surface area contributed by atoms with E-state index in [0.717, 1.165) is 41.0 Å². The number of allylic oxidation sites excluding steroid dienone is 1. The number of imidazole rings is 1. The van der Waals surface area contributed by atoms with Crippen LogP contribution < -0.4 is 10.6 Å². The van der Waals surface area contributed by atoms with E-state index in [1.807, 2.05) is 54.3 Å². The average Bonchev–Trinajstić information content (AvgIpc) is 3.16. The molecule has 1 aromatic carbocycles. The predicted molar refractivity (Wildman–Crippen MR) is 108 cm³/mol. The number of aromatic nitrogens is 3. The monoisotopic (exact) mass is 377 g/mol. The molecule has 0 saturated heterocycles. The number of fused-ring (bicyclic) bond motifs is 1. The minimum atomic E-state index is -0.825. The van der Waals surface area contributed by atoms with Crippen molar-refractivity contribution in [3.8, 4) is 11.3 Å². The molecule has 0 saturated carbocycles. The number of rotatable bonds is 6. The molecule has 0 bridgehead atoms. The van der Waals surface area contributed by atoms with Gasteiger partial charge in [-0.15, -0.1) is 0 Å². The molecular formula is C21H23N5O2. The number of carboxylic acids is 1. The second-order valence-electron chi connectivity index (χ2n) is 7.00. The van der Waals surface area contributed by atoms with Crippen molar-refractivity contribution in [3.63, 3.8) is 0 Å². The zero-order valence-corrected chi connectivity index (χ0v) is 15.7. The number of nitrogens with one attached hydrogen (secondary N) is 2. The number of aliphatic carboxylic acids is 1. The molecule has 2 heterocycles. The lowest BCUT2D eigenvalue weighted by atomic mass is 9.84. The van der Waals surface area contributed by atoms with Crippen molar-refractivity contribution >= 4 is 17.3 Å². The highest BCUT2D eigenvalue weighted by Gasteiger charge is 2.22. The van der Waals surface area contributed by atoms with Crippen molar-refractivity contribution in [3.05, 3.63) is 59.9 Å². The van der Waals surface area contributed by atoms with Crippen LogP contribution in [0.2, 0.25) is 0 Å². The number of benzene rings is 1. The quantitative estimate of drug-likeness (QED) is 0.571. The van der Waals surface area contributed by atoms with Gasteiger partial charge in [-0.1, -0.05) is 18.2 Å². The van der Waals surface area contributed by atoms with Gasteiger partial charge in [0.2, 0.25) is 0 Å². The number of hydrogen-bond acceptors (Lipinski definition) is 5. The summed E-state index contributed by atoms with van der Waals surface area (Å²) in [5.74, 6) is -0.656. The standard InChI is InChI=1S/C21H23N5O2/c1-22-13-24-18-7-3-5-15(9-18)19-12-23-20-10-17(11-25-26(19)20)14-4-2-6-16(8-14)21(27)28/h3,5-7,9-12,14,22,24H,2,4,8,13H2,1H3,(H,27,28). The van der Waals surface area contributed by atoms with Gasteiger partial charge in [-0.3, -0.25) is 0 Å². The van der Waals surface area contributed by atoms with E-state index in [2.05, 4.69) is 26.8 Å². The Morgan fingerprint density at radius 2 is 2.21 bits per heavy atom. The van der Waals surface area contributed by atoms with Crippen LogP contribution in [0.5, 0.6) is 0 Å². The van der Waals surface area contributed by atoms with Crippen molar-refractivity contribution in [1.82, 2.24) is 19.9 Å². The van der Waals surface area contributed by atoms with Crippen molar-refractivity contribution in [2.24, 2.45) is 0 Å². The van der Waals surface area contributed by atoms with E-state index in [-0.39, 0.29) is 5.92 Å². The number of hydrogen-bond donors (Lipinski definition) is 3. The highest BCUT2D eigenvalue weighted by molar-refractivity contribution is 5.86. The van der Waals surface area contributed by atoms with Crippen LogP contribution in [-0.2, 0) is 4.79 Å². The van der Waals surface area contributed by atoms with E-state index in [1.165, 1.54) is 0 Å². The van der Waals surface area contributed by atoms with E-state index < -0.39 is 5.97 Å². The van der Waals surface area contributed by atoms with Crippen LogP contribution in [0.3, 0.4) is 0 Å². The average molecular weight is 377 g/mol. The first-order chi connectivity index (χ1) is 13.7. The van der Waals surface area contributed by atoms with Gasteiger partial charge < -0.3 is 15.7 Å². The Balaban J connectivity index is 1.62. The molecular weight excluding hydrogens is 354 g/mol. The largest absolute Gasteiger partial charge is 0.478 e. The highest BCUT2D eigenvalue weighted by Crippen LogP contribution is 2.33. The first-order valence-corrected chi connectivity index (χ1v) is 9.40. The lowest BCUT2D eigenvalue weighted by molar-refractivity contribution is -0.132. The molecule has 0 fully saturated rings. The van der Waals surface area contributed by atoms with Crippen LogP contribution in [0.1, 0.15) is 30.7 Å². The maximum Gasteiger partial charge on any atom is 0.331 e. The summed E-state index contributed by atoms with van der Waals surface area (Å²) in [5, 5.41) is 20.2. The van der Waals surface area contributed by atoms with E-state index >= 15 is 0 Å². The van der Waals surface area contributed by atoms with Gasteiger partial charge in [-0.05, 0) is 56.0 Å². The fraction of sp³-hybridized carbons (Fsp3) is 0.286. The molecule has 1 aliphatic rings. The summed E-state index contributed by atoms with van der Waals surface area (Å²) in [4.78, 5) is 15.8. The van der Waals surface area contributed by atoms with Crippen LogP contribution in [0, 0.1) is 0 Å². The minimum Gasteiger partial charge on any atom is -0.478 e. The molecule has 7 nitrogen and oxygen atoms in total. The molecule has 3 N–H and O–H groups in total. The summed E-state index contributed by atoms with van der Waals surface area (Å²) in [6, 6.07) is 10.2. The summed E-state index contributed by atoms with van der Waals surface area (Å²) >= 11 is 0. The highest BCUT2D eigenvalue weighted by atomic mass is 16.4. The van der Waals surface area contributed by atoms with Gasteiger partial charge in [-0.25, -0.2) is 14.3 Å². The van der Waals surface area contributed by atoms with Crippen molar-refractivity contribution in [2.75, 3.05) is 19.0 Å². The van der Waals surface area contributed by atoms with Crippen LogP contribution in [0.25, 0.3) is 16.9 Å². The molecule has 28 heavy (non-hydrogen) atoms. The van der Waals surface area contributed by atoms with Crippen molar-refractivity contribution in [2.45, 2.75) is 25.2 Å². The molecule has 0 aliphatic heterocycles. The van der Waals surface area contributed by atoms with Gasteiger partial charge in [0.15, 0.2) is 5.65 Å². The zero-order chi connectivity index (χ0) is 19.5.